The first-order valence-electron chi connectivity index (χ1n) is 7.55. The summed E-state index contributed by atoms with van der Waals surface area (Å²) in [5, 5.41) is 5.17. The van der Waals surface area contributed by atoms with Crippen LogP contribution in [0.4, 0.5) is 10.1 Å². The molecule has 0 atom stereocenters. The average Bonchev–Trinajstić information content (AvgIpc) is 2.62. The molecule has 0 saturated carbocycles. The third kappa shape index (κ3) is 5.49. The number of hydrogen-bond acceptors (Lipinski definition) is 4. The number of nitrogens with one attached hydrogen (secondary N) is 2. The van der Waals surface area contributed by atoms with E-state index in [4.69, 9.17) is 9.47 Å². The summed E-state index contributed by atoms with van der Waals surface area (Å²) >= 11 is 0. The first-order valence-corrected chi connectivity index (χ1v) is 7.55. The van der Waals surface area contributed by atoms with E-state index in [1.807, 2.05) is 0 Å². The number of amides is 2. The molecule has 0 heterocycles. The highest BCUT2D eigenvalue weighted by atomic mass is 19.1. The Morgan fingerprint density at radius 3 is 2.36 bits per heavy atom. The van der Waals surface area contributed by atoms with Gasteiger partial charge in [-0.15, -0.1) is 0 Å². The van der Waals surface area contributed by atoms with E-state index >= 15 is 0 Å². The van der Waals surface area contributed by atoms with Crippen LogP contribution in [0.5, 0.6) is 11.5 Å². The van der Waals surface area contributed by atoms with Crippen LogP contribution in [0.1, 0.15) is 5.56 Å². The van der Waals surface area contributed by atoms with E-state index in [0.717, 1.165) is 0 Å². The number of halogens is 1. The van der Waals surface area contributed by atoms with Crippen molar-refractivity contribution in [3.8, 4) is 11.5 Å². The van der Waals surface area contributed by atoms with E-state index in [0.29, 0.717) is 22.7 Å². The summed E-state index contributed by atoms with van der Waals surface area (Å²) in [6.07, 6.45) is 0.0689. The van der Waals surface area contributed by atoms with Gasteiger partial charge in [-0.2, -0.15) is 0 Å². The standard InChI is InChI=1S/C18H19FN2O4/c1-24-14-7-8-15(16(10-14)25-2)21-18(23)11-20-17(22)9-12-3-5-13(19)6-4-12/h3-8,10H,9,11H2,1-2H3,(H,20,22)(H,21,23). The fourth-order valence-corrected chi connectivity index (χ4v) is 2.13. The van der Waals surface area contributed by atoms with Gasteiger partial charge < -0.3 is 20.1 Å². The highest BCUT2D eigenvalue weighted by molar-refractivity contribution is 5.96. The Morgan fingerprint density at radius 1 is 1.00 bits per heavy atom. The lowest BCUT2D eigenvalue weighted by atomic mass is 10.1. The van der Waals surface area contributed by atoms with Crippen molar-refractivity contribution in [2.75, 3.05) is 26.1 Å². The predicted molar refractivity (Wildman–Crippen MR) is 91.3 cm³/mol. The van der Waals surface area contributed by atoms with Gasteiger partial charge in [-0.3, -0.25) is 9.59 Å². The Balaban J connectivity index is 1.86. The van der Waals surface area contributed by atoms with Gasteiger partial charge in [0, 0.05) is 6.07 Å². The van der Waals surface area contributed by atoms with E-state index in [1.165, 1.54) is 38.5 Å². The summed E-state index contributed by atoms with van der Waals surface area (Å²) in [6, 6.07) is 10.6. The third-order valence-electron chi connectivity index (χ3n) is 3.41. The van der Waals surface area contributed by atoms with E-state index in [9.17, 15) is 14.0 Å². The highest BCUT2D eigenvalue weighted by Crippen LogP contribution is 2.28. The summed E-state index contributed by atoms with van der Waals surface area (Å²) in [6.45, 7) is -0.185. The molecular formula is C18H19FN2O4. The number of anilines is 1. The van der Waals surface area contributed by atoms with Crippen LogP contribution >= 0.6 is 0 Å². The molecule has 0 aliphatic rings. The van der Waals surface area contributed by atoms with Gasteiger partial charge in [0.1, 0.15) is 17.3 Å². The van der Waals surface area contributed by atoms with Crippen LogP contribution in [-0.2, 0) is 16.0 Å². The van der Waals surface area contributed by atoms with E-state index in [2.05, 4.69) is 10.6 Å². The number of carbonyl (C=O) groups is 2. The number of rotatable bonds is 7. The van der Waals surface area contributed by atoms with Crippen molar-refractivity contribution in [1.82, 2.24) is 5.32 Å². The van der Waals surface area contributed by atoms with Gasteiger partial charge in [0.05, 0.1) is 32.9 Å². The fraction of sp³-hybridized carbons (Fsp3) is 0.222. The zero-order valence-electron chi connectivity index (χ0n) is 14.0. The molecule has 0 aromatic heterocycles. The second-order valence-corrected chi connectivity index (χ2v) is 5.19. The lowest BCUT2D eigenvalue weighted by Gasteiger charge is -2.12. The molecule has 25 heavy (non-hydrogen) atoms. The number of hydrogen-bond donors (Lipinski definition) is 2. The monoisotopic (exact) mass is 346 g/mol. The average molecular weight is 346 g/mol. The number of carbonyl (C=O) groups excluding carboxylic acids is 2. The van der Waals surface area contributed by atoms with Gasteiger partial charge in [-0.1, -0.05) is 12.1 Å². The molecule has 0 bridgehead atoms. The summed E-state index contributed by atoms with van der Waals surface area (Å²) in [7, 11) is 3.01. The van der Waals surface area contributed by atoms with Gasteiger partial charge in [-0.25, -0.2) is 4.39 Å². The first-order chi connectivity index (χ1) is 12.0. The van der Waals surface area contributed by atoms with Crippen LogP contribution in [0.15, 0.2) is 42.5 Å². The molecule has 132 valence electrons. The van der Waals surface area contributed by atoms with Crippen molar-refractivity contribution in [2.24, 2.45) is 0 Å². The minimum atomic E-state index is -0.393. The van der Waals surface area contributed by atoms with Crippen LogP contribution in [0, 0.1) is 5.82 Å². The number of ether oxygens (including phenoxy) is 2. The fourth-order valence-electron chi connectivity index (χ4n) is 2.13. The van der Waals surface area contributed by atoms with Crippen LogP contribution < -0.4 is 20.1 Å². The Morgan fingerprint density at radius 2 is 1.72 bits per heavy atom. The lowest BCUT2D eigenvalue weighted by molar-refractivity contribution is -0.123. The topological polar surface area (TPSA) is 76.7 Å². The molecule has 0 fully saturated rings. The quantitative estimate of drug-likeness (QED) is 0.805. The van der Waals surface area contributed by atoms with Crippen molar-refractivity contribution in [2.45, 2.75) is 6.42 Å². The zero-order valence-corrected chi connectivity index (χ0v) is 14.0. The molecule has 0 unspecified atom stereocenters. The smallest absolute Gasteiger partial charge is 0.243 e. The number of methoxy groups -OCH3 is 2. The van der Waals surface area contributed by atoms with Crippen molar-refractivity contribution in [1.29, 1.82) is 0 Å². The number of benzene rings is 2. The van der Waals surface area contributed by atoms with Crippen LogP contribution in [0.3, 0.4) is 0 Å². The molecule has 0 saturated heterocycles. The second kappa shape index (κ2) is 8.68. The van der Waals surface area contributed by atoms with Crippen LogP contribution in [0.2, 0.25) is 0 Å². The molecule has 6 nitrogen and oxygen atoms in total. The van der Waals surface area contributed by atoms with Crippen molar-refractivity contribution < 1.29 is 23.5 Å². The van der Waals surface area contributed by atoms with E-state index < -0.39 is 5.91 Å². The summed E-state index contributed by atoms with van der Waals surface area (Å²) in [5.74, 6) is -0.0378. The van der Waals surface area contributed by atoms with Gasteiger partial charge in [0.15, 0.2) is 0 Å². The predicted octanol–water partition coefficient (Wildman–Crippen LogP) is 2.14. The summed E-state index contributed by atoms with van der Waals surface area (Å²) in [4.78, 5) is 23.8. The molecule has 0 aliphatic carbocycles. The first kappa shape index (κ1) is 18.3. The van der Waals surface area contributed by atoms with Crippen LogP contribution in [0.25, 0.3) is 0 Å². The molecule has 2 aromatic carbocycles. The molecule has 7 heteroatoms. The highest BCUT2D eigenvalue weighted by Gasteiger charge is 2.10. The Hall–Kier alpha value is -3.09. The van der Waals surface area contributed by atoms with Gasteiger partial charge in [0.2, 0.25) is 11.8 Å². The molecular weight excluding hydrogens is 327 g/mol. The SMILES string of the molecule is COc1ccc(NC(=O)CNC(=O)Cc2ccc(F)cc2)c(OC)c1. The molecule has 0 aliphatic heterocycles. The third-order valence-corrected chi connectivity index (χ3v) is 3.41. The molecule has 2 N–H and O–H groups in total. The van der Waals surface area contributed by atoms with E-state index in [-0.39, 0.29) is 24.7 Å². The van der Waals surface area contributed by atoms with E-state index in [1.54, 1.807) is 18.2 Å². The normalized spacial score (nSPS) is 10.0. The molecule has 2 aromatic rings. The van der Waals surface area contributed by atoms with Crippen LogP contribution in [-0.4, -0.2) is 32.6 Å². The Bertz CT molecular complexity index is 747. The van der Waals surface area contributed by atoms with Crippen molar-refractivity contribution >= 4 is 17.5 Å². The van der Waals surface area contributed by atoms with Gasteiger partial charge in [-0.05, 0) is 29.8 Å². The molecule has 2 amide bonds. The lowest BCUT2D eigenvalue weighted by Crippen LogP contribution is -2.33. The van der Waals surface area contributed by atoms with Gasteiger partial charge in [0.25, 0.3) is 0 Å². The molecule has 0 radical (unpaired) electrons. The maximum absolute atomic E-state index is 12.8. The summed E-state index contributed by atoms with van der Waals surface area (Å²) < 4.78 is 23.1. The maximum Gasteiger partial charge on any atom is 0.243 e. The minimum absolute atomic E-state index is 0.0689. The second-order valence-electron chi connectivity index (χ2n) is 5.19. The maximum atomic E-state index is 12.8. The van der Waals surface area contributed by atoms with Crippen molar-refractivity contribution in [3.63, 3.8) is 0 Å². The van der Waals surface area contributed by atoms with Crippen molar-refractivity contribution in [3.05, 3.63) is 53.8 Å². The molecule has 0 spiro atoms. The minimum Gasteiger partial charge on any atom is -0.497 e. The largest absolute Gasteiger partial charge is 0.497 e. The zero-order chi connectivity index (χ0) is 18.2. The van der Waals surface area contributed by atoms with Gasteiger partial charge >= 0.3 is 0 Å². The summed E-state index contributed by atoms with van der Waals surface area (Å²) in [5.41, 5.74) is 1.14. The Labute approximate surface area is 144 Å². The molecule has 2 rings (SSSR count). The Kier molecular flexibility index (Phi) is 6.33.